The molecule has 0 saturated heterocycles. The number of hydrogen-bond acceptors (Lipinski definition) is 2. The molecule has 1 N–H and O–H groups in total. The molecule has 0 aliphatic rings. The van der Waals surface area contributed by atoms with Crippen LogP contribution in [0.1, 0.15) is 5.69 Å². The maximum Gasteiger partial charge on any atom is 0.141 e. The van der Waals surface area contributed by atoms with Crippen molar-refractivity contribution in [3.05, 3.63) is 33.5 Å². The fraction of sp³-hybridized carbons (Fsp3) is 0.100. The lowest BCUT2D eigenvalue weighted by Crippen LogP contribution is -1.85. The highest BCUT2D eigenvalue weighted by molar-refractivity contribution is 14.1. The van der Waals surface area contributed by atoms with E-state index in [4.69, 9.17) is 0 Å². The van der Waals surface area contributed by atoms with E-state index in [0.29, 0.717) is 5.52 Å². The van der Waals surface area contributed by atoms with Crippen LogP contribution in [0.4, 0.5) is 0 Å². The number of aromatic hydroxyl groups is 1. The molecular weight excluding hydrogens is 277 g/mol. The smallest absolute Gasteiger partial charge is 0.141 e. The molecular formula is C10H8INO. The van der Waals surface area contributed by atoms with E-state index in [1.165, 1.54) is 0 Å². The van der Waals surface area contributed by atoms with Gasteiger partial charge in [-0.1, -0.05) is 0 Å². The standard InChI is InChI=1S/C10H8INO/c1-6-2-3-7-8(11)4-5-9(13)10(7)12-6/h2-5,13H,1H3. The van der Waals surface area contributed by atoms with Crippen molar-refractivity contribution in [3.63, 3.8) is 0 Å². The molecule has 1 aromatic heterocycles. The van der Waals surface area contributed by atoms with E-state index in [-0.39, 0.29) is 5.75 Å². The van der Waals surface area contributed by atoms with Crippen LogP contribution in [0.3, 0.4) is 0 Å². The molecule has 2 aromatic rings. The third-order valence-corrected chi connectivity index (χ3v) is 2.86. The van der Waals surface area contributed by atoms with Crippen molar-refractivity contribution in [2.75, 3.05) is 0 Å². The predicted molar refractivity (Wildman–Crippen MR) is 60.9 cm³/mol. The summed E-state index contributed by atoms with van der Waals surface area (Å²) in [4.78, 5) is 4.28. The van der Waals surface area contributed by atoms with E-state index < -0.39 is 0 Å². The van der Waals surface area contributed by atoms with Crippen molar-refractivity contribution in [1.82, 2.24) is 4.98 Å². The van der Waals surface area contributed by atoms with Crippen LogP contribution in [0.25, 0.3) is 10.9 Å². The molecule has 0 unspecified atom stereocenters. The minimum atomic E-state index is 0.249. The predicted octanol–water partition coefficient (Wildman–Crippen LogP) is 2.85. The van der Waals surface area contributed by atoms with Gasteiger partial charge in [-0.2, -0.15) is 0 Å². The Morgan fingerprint density at radius 3 is 2.77 bits per heavy atom. The zero-order valence-electron chi connectivity index (χ0n) is 7.08. The summed E-state index contributed by atoms with van der Waals surface area (Å²) in [6, 6.07) is 7.49. The van der Waals surface area contributed by atoms with Crippen molar-refractivity contribution in [1.29, 1.82) is 0 Å². The molecule has 2 nitrogen and oxygen atoms in total. The number of fused-ring (bicyclic) bond motifs is 1. The number of benzene rings is 1. The van der Waals surface area contributed by atoms with E-state index >= 15 is 0 Å². The van der Waals surface area contributed by atoms with E-state index in [9.17, 15) is 5.11 Å². The molecule has 0 atom stereocenters. The van der Waals surface area contributed by atoms with Gasteiger partial charge in [-0.15, -0.1) is 0 Å². The lowest BCUT2D eigenvalue weighted by Gasteiger charge is -2.02. The Bertz CT molecular complexity index is 468. The molecule has 13 heavy (non-hydrogen) atoms. The molecule has 0 aliphatic carbocycles. The lowest BCUT2D eigenvalue weighted by atomic mass is 10.2. The number of halogens is 1. The van der Waals surface area contributed by atoms with Crippen molar-refractivity contribution in [3.8, 4) is 5.75 Å². The number of aromatic nitrogens is 1. The molecule has 0 saturated carbocycles. The largest absolute Gasteiger partial charge is 0.506 e. The molecule has 0 radical (unpaired) electrons. The highest BCUT2D eigenvalue weighted by atomic mass is 127. The summed E-state index contributed by atoms with van der Waals surface area (Å²) in [7, 11) is 0. The van der Waals surface area contributed by atoms with Crippen LogP contribution in [-0.2, 0) is 0 Å². The van der Waals surface area contributed by atoms with Crippen LogP contribution in [0, 0.1) is 10.5 Å². The Morgan fingerprint density at radius 2 is 2.00 bits per heavy atom. The van der Waals surface area contributed by atoms with Crippen LogP contribution in [0.2, 0.25) is 0 Å². The molecule has 3 heteroatoms. The number of pyridine rings is 1. The van der Waals surface area contributed by atoms with Gasteiger partial charge in [0.25, 0.3) is 0 Å². The summed E-state index contributed by atoms with van der Waals surface area (Å²) >= 11 is 2.24. The van der Waals surface area contributed by atoms with Crippen LogP contribution < -0.4 is 0 Å². The van der Waals surface area contributed by atoms with Gasteiger partial charge in [0.15, 0.2) is 0 Å². The summed E-state index contributed by atoms with van der Waals surface area (Å²) < 4.78 is 1.11. The number of phenols is 1. The van der Waals surface area contributed by atoms with Gasteiger partial charge in [-0.3, -0.25) is 0 Å². The normalized spacial score (nSPS) is 10.6. The topological polar surface area (TPSA) is 33.1 Å². The number of rotatable bonds is 0. The van der Waals surface area contributed by atoms with Gasteiger partial charge in [-0.25, -0.2) is 4.98 Å². The van der Waals surface area contributed by atoms with Gasteiger partial charge in [0.1, 0.15) is 11.3 Å². The summed E-state index contributed by atoms with van der Waals surface area (Å²) in [5.41, 5.74) is 1.61. The zero-order chi connectivity index (χ0) is 9.42. The minimum Gasteiger partial charge on any atom is -0.506 e. The second-order valence-corrected chi connectivity index (χ2v) is 4.08. The second kappa shape index (κ2) is 3.14. The number of aryl methyl sites for hydroxylation is 1. The Labute approximate surface area is 89.8 Å². The van der Waals surface area contributed by atoms with Gasteiger partial charge in [-0.05, 0) is 53.8 Å². The average Bonchev–Trinajstić information content (AvgIpc) is 2.12. The third kappa shape index (κ3) is 1.48. The fourth-order valence-electron chi connectivity index (χ4n) is 1.27. The zero-order valence-corrected chi connectivity index (χ0v) is 9.24. The van der Waals surface area contributed by atoms with E-state index in [1.807, 2.05) is 25.1 Å². The first-order chi connectivity index (χ1) is 6.18. The monoisotopic (exact) mass is 285 g/mol. The molecule has 0 spiro atoms. The SMILES string of the molecule is Cc1ccc2c(I)ccc(O)c2n1. The van der Waals surface area contributed by atoms with Crippen molar-refractivity contribution in [2.24, 2.45) is 0 Å². The lowest BCUT2D eigenvalue weighted by molar-refractivity contribution is 0.480. The first-order valence-corrected chi connectivity index (χ1v) is 5.01. The van der Waals surface area contributed by atoms with E-state index in [0.717, 1.165) is 14.7 Å². The van der Waals surface area contributed by atoms with Gasteiger partial charge < -0.3 is 5.11 Å². The second-order valence-electron chi connectivity index (χ2n) is 2.92. The van der Waals surface area contributed by atoms with Gasteiger partial charge in [0.2, 0.25) is 0 Å². The Hall–Kier alpha value is -0.840. The molecule has 1 heterocycles. The van der Waals surface area contributed by atoms with Gasteiger partial charge in [0, 0.05) is 14.7 Å². The summed E-state index contributed by atoms with van der Waals surface area (Å²) in [6.45, 7) is 1.92. The third-order valence-electron chi connectivity index (χ3n) is 1.92. The molecule has 66 valence electrons. The summed E-state index contributed by atoms with van der Waals surface area (Å²) in [5.74, 6) is 0.249. The molecule has 0 amide bonds. The quantitative estimate of drug-likeness (QED) is 0.755. The highest BCUT2D eigenvalue weighted by Crippen LogP contribution is 2.26. The first-order valence-electron chi connectivity index (χ1n) is 3.93. The van der Waals surface area contributed by atoms with Gasteiger partial charge in [0.05, 0.1) is 0 Å². The van der Waals surface area contributed by atoms with Crippen LogP contribution in [0.15, 0.2) is 24.3 Å². The van der Waals surface area contributed by atoms with E-state index in [2.05, 4.69) is 27.6 Å². The molecule has 0 fully saturated rings. The van der Waals surface area contributed by atoms with E-state index in [1.54, 1.807) is 6.07 Å². The fourth-order valence-corrected chi connectivity index (χ4v) is 1.88. The average molecular weight is 285 g/mol. The molecule has 1 aromatic carbocycles. The number of phenolic OH excluding ortho intramolecular Hbond substituents is 1. The molecule has 2 rings (SSSR count). The molecule has 0 bridgehead atoms. The highest BCUT2D eigenvalue weighted by Gasteiger charge is 2.03. The first kappa shape index (κ1) is 8.74. The van der Waals surface area contributed by atoms with Crippen LogP contribution in [-0.4, -0.2) is 10.1 Å². The van der Waals surface area contributed by atoms with Gasteiger partial charge >= 0.3 is 0 Å². The Kier molecular flexibility index (Phi) is 2.11. The van der Waals surface area contributed by atoms with Crippen molar-refractivity contribution in [2.45, 2.75) is 6.92 Å². The number of nitrogens with zero attached hydrogens (tertiary/aromatic N) is 1. The Morgan fingerprint density at radius 1 is 1.23 bits per heavy atom. The number of hydrogen-bond donors (Lipinski definition) is 1. The van der Waals surface area contributed by atoms with Crippen molar-refractivity contribution < 1.29 is 5.11 Å². The Balaban J connectivity index is 2.92. The summed E-state index contributed by atoms with van der Waals surface area (Å²) in [6.07, 6.45) is 0. The molecule has 0 aliphatic heterocycles. The van der Waals surface area contributed by atoms with Crippen LogP contribution >= 0.6 is 22.6 Å². The minimum absolute atomic E-state index is 0.249. The van der Waals surface area contributed by atoms with Crippen molar-refractivity contribution >= 4 is 33.5 Å². The summed E-state index contributed by atoms with van der Waals surface area (Å²) in [5, 5.41) is 10.6. The maximum atomic E-state index is 9.55. The van der Waals surface area contributed by atoms with Crippen LogP contribution in [0.5, 0.6) is 5.75 Å². The maximum absolute atomic E-state index is 9.55.